The van der Waals surface area contributed by atoms with Crippen LogP contribution in [-0.4, -0.2) is 45.8 Å². The van der Waals surface area contributed by atoms with Crippen molar-refractivity contribution in [2.75, 3.05) is 29.9 Å². The third kappa shape index (κ3) is 3.67. The fourth-order valence-corrected chi connectivity index (χ4v) is 2.57. The SMILES string of the molecule is CCNc1nc(Cl)nc(N2CCCCC2CCO)n1. The number of aliphatic hydroxyl groups is 1. The molecule has 2 rings (SSSR count). The van der Waals surface area contributed by atoms with E-state index in [0.29, 0.717) is 11.9 Å². The van der Waals surface area contributed by atoms with Crippen molar-refractivity contribution in [1.82, 2.24) is 15.0 Å². The second-order valence-electron chi connectivity index (χ2n) is 4.61. The number of aliphatic hydroxyl groups excluding tert-OH is 1. The van der Waals surface area contributed by atoms with Gasteiger partial charge in [-0.1, -0.05) is 0 Å². The summed E-state index contributed by atoms with van der Waals surface area (Å²) in [6, 6.07) is 0.284. The smallest absolute Gasteiger partial charge is 0.231 e. The van der Waals surface area contributed by atoms with E-state index in [1.54, 1.807) is 0 Å². The van der Waals surface area contributed by atoms with Crippen molar-refractivity contribution in [1.29, 1.82) is 0 Å². The average Bonchev–Trinajstić information content (AvgIpc) is 2.39. The summed E-state index contributed by atoms with van der Waals surface area (Å²) in [5.74, 6) is 1.11. The van der Waals surface area contributed by atoms with Gasteiger partial charge in [0.05, 0.1) is 0 Å². The van der Waals surface area contributed by atoms with Crippen molar-refractivity contribution < 1.29 is 5.11 Å². The first-order chi connectivity index (χ1) is 9.24. The predicted octanol–water partition coefficient (Wildman–Crippen LogP) is 1.70. The van der Waals surface area contributed by atoms with Gasteiger partial charge in [-0.15, -0.1) is 0 Å². The molecule has 0 aromatic carbocycles. The standard InChI is InChI=1S/C12H20ClN5O/c1-2-14-11-15-10(13)16-12(17-11)18-7-4-3-5-9(18)6-8-19/h9,19H,2-8H2,1H3,(H,14,15,16,17). The topological polar surface area (TPSA) is 74.2 Å². The van der Waals surface area contributed by atoms with E-state index in [2.05, 4.69) is 25.2 Å². The fourth-order valence-electron chi connectivity index (χ4n) is 2.42. The van der Waals surface area contributed by atoms with Crippen LogP contribution < -0.4 is 10.2 Å². The minimum Gasteiger partial charge on any atom is -0.396 e. The van der Waals surface area contributed by atoms with Crippen LogP contribution in [0.4, 0.5) is 11.9 Å². The van der Waals surface area contributed by atoms with Crippen molar-refractivity contribution in [3.05, 3.63) is 5.28 Å². The average molecular weight is 286 g/mol. The van der Waals surface area contributed by atoms with E-state index >= 15 is 0 Å². The Hall–Kier alpha value is -1.14. The van der Waals surface area contributed by atoms with Gasteiger partial charge in [0, 0.05) is 25.7 Å². The third-order valence-electron chi connectivity index (χ3n) is 3.28. The maximum atomic E-state index is 9.16. The van der Waals surface area contributed by atoms with Crippen LogP contribution >= 0.6 is 11.6 Å². The van der Waals surface area contributed by atoms with E-state index < -0.39 is 0 Å². The summed E-state index contributed by atoms with van der Waals surface area (Å²) in [4.78, 5) is 14.8. The first kappa shape index (κ1) is 14.3. The normalized spacial score (nSPS) is 19.5. The highest BCUT2D eigenvalue weighted by Crippen LogP contribution is 2.25. The Bertz CT molecular complexity index is 415. The molecular formula is C12H20ClN5O. The number of aromatic nitrogens is 3. The van der Waals surface area contributed by atoms with Gasteiger partial charge >= 0.3 is 0 Å². The lowest BCUT2D eigenvalue weighted by atomic mass is 10.0. The number of hydrogen-bond acceptors (Lipinski definition) is 6. The van der Waals surface area contributed by atoms with Crippen LogP contribution in [0.15, 0.2) is 0 Å². The van der Waals surface area contributed by atoms with Gasteiger partial charge < -0.3 is 15.3 Å². The molecule has 1 aliphatic heterocycles. The zero-order valence-electron chi connectivity index (χ0n) is 11.1. The van der Waals surface area contributed by atoms with Crippen molar-refractivity contribution in [3.8, 4) is 0 Å². The van der Waals surface area contributed by atoms with Gasteiger partial charge in [0.25, 0.3) is 0 Å². The Balaban J connectivity index is 2.22. The van der Waals surface area contributed by atoms with E-state index in [1.165, 1.54) is 6.42 Å². The van der Waals surface area contributed by atoms with Gasteiger partial charge in [-0.2, -0.15) is 15.0 Å². The van der Waals surface area contributed by atoms with E-state index in [4.69, 9.17) is 16.7 Å². The van der Waals surface area contributed by atoms with Gasteiger partial charge in [-0.3, -0.25) is 0 Å². The van der Waals surface area contributed by atoms with Gasteiger partial charge in [0.15, 0.2) is 0 Å². The molecular weight excluding hydrogens is 266 g/mol. The number of nitrogens with zero attached hydrogens (tertiary/aromatic N) is 4. The molecule has 1 aliphatic rings. The molecule has 2 N–H and O–H groups in total. The lowest BCUT2D eigenvalue weighted by Gasteiger charge is -2.35. The Morgan fingerprint density at radius 3 is 2.95 bits per heavy atom. The molecule has 1 aromatic heterocycles. The number of halogens is 1. The summed E-state index contributed by atoms with van der Waals surface area (Å²) < 4.78 is 0. The molecule has 106 valence electrons. The Morgan fingerprint density at radius 2 is 2.21 bits per heavy atom. The second-order valence-corrected chi connectivity index (χ2v) is 4.95. The van der Waals surface area contributed by atoms with Crippen LogP contribution in [-0.2, 0) is 0 Å². The molecule has 1 fully saturated rings. The van der Waals surface area contributed by atoms with Crippen molar-refractivity contribution in [3.63, 3.8) is 0 Å². The highest BCUT2D eigenvalue weighted by Gasteiger charge is 2.25. The Kier molecular flexibility index (Phi) is 5.15. The summed E-state index contributed by atoms with van der Waals surface area (Å²) in [5, 5.41) is 12.4. The monoisotopic (exact) mass is 285 g/mol. The molecule has 2 heterocycles. The van der Waals surface area contributed by atoms with Crippen LogP contribution in [0.1, 0.15) is 32.6 Å². The summed E-state index contributed by atoms with van der Waals surface area (Å²) in [6.45, 7) is 3.79. The van der Waals surface area contributed by atoms with E-state index in [0.717, 1.165) is 32.4 Å². The van der Waals surface area contributed by atoms with Crippen LogP contribution in [0.3, 0.4) is 0 Å². The largest absolute Gasteiger partial charge is 0.396 e. The summed E-state index contributed by atoms with van der Waals surface area (Å²) in [6.07, 6.45) is 4.09. The van der Waals surface area contributed by atoms with Gasteiger partial charge in [0.1, 0.15) is 0 Å². The zero-order valence-corrected chi connectivity index (χ0v) is 11.9. The summed E-state index contributed by atoms with van der Waals surface area (Å²) >= 11 is 5.95. The highest BCUT2D eigenvalue weighted by atomic mass is 35.5. The number of rotatable bonds is 5. The quantitative estimate of drug-likeness (QED) is 0.858. The minimum absolute atomic E-state index is 0.181. The molecule has 0 amide bonds. The maximum absolute atomic E-state index is 9.16. The highest BCUT2D eigenvalue weighted by molar-refractivity contribution is 6.28. The van der Waals surface area contributed by atoms with E-state index in [-0.39, 0.29) is 17.9 Å². The first-order valence-electron chi connectivity index (χ1n) is 6.77. The number of hydrogen-bond donors (Lipinski definition) is 2. The summed E-state index contributed by atoms with van der Waals surface area (Å²) in [5.41, 5.74) is 0. The van der Waals surface area contributed by atoms with Crippen LogP contribution in [0.25, 0.3) is 0 Å². The fraction of sp³-hybridized carbons (Fsp3) is 0.750. The van der Waals surface area contributed by atoms with Crippen molar-refractivity contribution >= 4 is 23.5 Å². The van der Waals surface area contributed by atoms with Crippen LogP contribution in [0.2, 0.25) is 5.28 Å². The van der Waals surface area contributed by atoms with Crippen LogP contribution in [0, 0.1) is 0 Å². The molecule has 1 atom stereocenters. The lowest BCUT2D eigenvalue weighted by molar-refractivity contribution is 0.261. The summed E-state index contributed by atoms with van der Waals surface area (Å²) in [7, 11) is 0. The molecule has 1 aromatic rings. The van der Waals surface area contributed by atoms with Gasteiger partial charge in [0.2, 0.25) is 17.2 Å². The number of anilines is 2. The molecule has 7 heteroatoms. The van der Waals surface area contributed by atoms with E-state index in [9.17, 15) is 0 Å². The van der Waals surface area contributed by atoms with E-state index in [1.807, 2.05) is 6.92 Å². The molecule has 0 spiro atoms. The van der Waals surface area contributed by atoms with Gasteiger partial charge in [-0.05, 0) is 44.2 Å². The van der Waals surface area contributed by atoms with Gasteiger partial charge in [-0.25, -0.2) is 0 Å². The third-order valence-corrected chi connectivity index (χ3v) is 3.45. The molecule has 0 radical (unpaired) electrons. The number of piperidine rings is 1. The number of nitrogens with one attached hydrogen (secondary N) is 1. The molecule has 1 saturated heterocycles. The molecule has 6 nitrogen and oxygen atoms in total. The van der Waals surface area contributed by atoms with Crippen molar-refractivity contribution in [2.45, 2.75) is 38.6 Å². The zero-order chi connectivity index (χ0) is 13.7. The molecule has 1 unspecified atom stereocenters. The van der Waals surface area contributed by atoms with Crippen LogP contribution in [0.5, 0.6) is 0 Å². The molecule has 0 aliphatic carbocycles. The molecule has 0 saturated carbocycles. The predicted molar refractivity (Wildman–Crippen MR) is 75.7 cm³/mol. The van der Waals surface area contributed by atoms with Crippen molar-refractivity contribution in [2.24, 2.45) is 0 Å². The second kappa shape index (κ2) is 6.86. The lowest BCUT2D eigenvalue weighted by Crippen LogP contribution is -2.41. The molecule has 19 heavy (non-hydrogen) atoms. The Labute approximate surface area is 118 Å². The minimum atomic E-state index is 0.181. The first-order valence-corrected chi connectivity index (χ1v) is 7.15. The maximum Gasteiger partial charge on any atom is 0.231 e. The molecule has 0 bridgehead atoms. The Morgan fingerprint density at radius 1 is 1.37 bits per heavy atom.